The topological polar surface area (TPSA) is 9.23 Å². The molecule has 0 aromatic heterocycles. The van der Waals surface area contributed by atoms with E-state index in [-0.39, 0.29) is 0 Å². The van der Waals surface area contributed by atoms with Crippen LogP contribution in [0.1, 0.15) is 90.4 Å². The third-order valence-electron chi connectivity index (χ3n) is 6.21. The van der Waals surface area contributed by atoms with Crippen molar-refractivity contribution in [1.82, 2.24) is 0 Å². The Hall–Kier alpha value is -0.560. The fourth-order valence-electron chi connectivity index (χ4n) is 4.50. The average Bonchev–Trinajstić information content (AvgIpc) is 2.63. The van der Waals surface area contributed by atoms with Crippen molar-refractivity contribution in [2.45, 2.75) is 96.5 Å². The van der Waals surface area contributed by atoms with E-state index < -0.39 is 0 Å². The van der Waals surface area contributed by atoms with E-state index in [1.807, 2.05) is 6.08 Å². The van der Waals surface area contributed by atoms with Crippen molar-refractivity contribution in [2.24, 2.45) is 17.8 Å². The molecule has 138 valence electrons. The van der Waals surface area contributed by atoms with Crippen molar-refractivity contribution < 1.29 is 4.74 Å². The molecular formula is C23H40O. The third kappa shape index (κ3) is 7.55. The van der Waals surface area contributed by atoms with Crippen LogP contribution in [0.3, 0.4) is 0 Å². The number of unbranched alkanes of at least 4 members (excludes halogenated alkanes) is 1. The van der Waals surface area contributed by atoms with Crippen molar-refractivity contribution in [3.8, 4) is 0 Å². The molecule has 0 spiro atoms. The Bertz CT molecular complexity index is 343. The van der Waals surface area contributed by atoms with Crippen LogP contribution >= 0.6 is 0 Å². The van der Waals surface area contributed by atoms with E-state index in [1.165, 1.54) is 77.0 Å². The second-order valence-electron chi connectivity index (χ2n) is 8.17. The van der Waals surface area contributed by atoms with Crippen LogP contribution in [-0.2, 0) is 4.74 Å². The summed E-state index contributed by atoms with van der Waals surface area (Å²) in [4.78, 5) is 0. The highest BCUT2D eigenvalue weighted by molar-refractivity contribution is 4.91. The first-order chi connectivity index (χ1) is 11.8. The van der Waals surface area contributed by atoms with Crippen LogP contribution in [0, 0.1) is 17.8 Å². The highest BCUT2D eigenvalue weighted by atomic mass is 16.5. The number of rotatable bonds is 10. The van der Waals surface area contributed by atoms with Gasteiger partial charge in [-0.1, -0.05) is 44.4 Å². The molecule has 0 aliphatic heterocycles. The lowest BCUT2D eigenvalue weighted by molar-refractivity contribution is 0.0189. The summed E-state index contributed by atoms with van der Waals surface area (Å²) in [6.45, 7) is 6.90. The third-order valence-corrected chi connectivity index (χ3v) is 6.21. The second kappa shape index (κ2) is 11.9. The monoisotopic (exact) mass is 332 g/mol. The Kier molecular flexibility index (Phi) is 9.80. The zero-order valence-corrected chi connectivity index (χ0v) is 16.1. The van der Waals surface area contributed by atoms with Crippen molar-refractivity contribution in [1.29, 1.82) is 0 Å². The van der Waals surface area contributed by atoms with Crippen LogP contribution in [0.25, 0.3) is 0 Å². The predicted octanol–water partition coefficient (Wildman–Crippen LogP) is 7.08. The van der Waals surface area contributed by atoms with E-state index in [2.05, 4.69) is 25.7 Å². The van der Waals surface area contributed by atoms with Gasteiger partial charge in [0.15, 0.2) is 0 Å². The molecule has 0 aromatic carbocycles. The molecule has 0 heterocycles. The van der Waals surface area contributed by atoms with Gasteiger partial charge in [0.05, 0.1) is 12.7 Å². The Balaban J connectivity index is 1.53. The number of hydrogen-bond acceptors (Lipinski definition) is 1. The minimum absolute atomic E-state index is 0.534. The van der Waals surface area contributed by atoms with Gasteiger partial charge in [-0.15, -0.1) is 6.58 Å². The van der Waals surface area contributed by atoms with Crippen LogP contribution in [0.2, 0.25) is 0 Å². The SMILES string of the molecule is C=CCCO[C@H]1CC[C@H](CC[C@H]2CC[C@H](/C=C/CCC)CC2)CC1. The molecule has 1 heteroatoms. The van der Waals surface area contributed by atoms with Crippen molar-refractivity contribution in [2.75, 3.05) is 6.61 Å². The highest BCUT2D eigenvalue weighted by Crippen LogP contribution is 2.36. The Morgan fingerprint density at radius 3 is 2.08 bits per heavy atom. The Morgan fingerprint density at radius 2 is 1.50 bits per heavy atom. The Labute approximate surface area is 150 Å². The smallest absolute Gasteiger partial charge is 0.0575 e. The van der Waals surface area contributed by atoms with E-state index in [0.717, 1.165) is 30.8 Å². The van der Waals surface area contributed by atoms with E-state index in [1.54, 1.807) is 0 Å². The van der Waals surface area contributed by atoms with E-state index in [9.17, 15) is 0 Å². The van der Waals surface area contributed by atoms with Gasteiger partial charge in [-0.3, -0.25) is 0 Å². The summed E-state index contributed by atoms with van der Waals surface area (Å²) >= 11 is 0. The van der Waals surface area contributed by atoms with Crippen molar-refractivity contribution in [3.05, 3.63) is 24.8 Å². The van der Waals surface area contributed by atoms with Gasteiger partial charge in [0.1, 0.15) is 0 Å². The molecule has 2 aliphatic carbocycles. The lowest BCUT2D eigenvalue weighted by atomic mass is 9.77. The molecule has 0 atom stereocenters. The van der Waals surface area contributed by atoms with Gasteiger partial charge < -0.3 is 4.74 Å². The maximum Gasteiger partial charge on any atom is 0.0575 e. The molecule has 2 rings (SSSR count). The molecule has 1 nitrogen and oxygen atoms in total. The van der Waals surface area contributed by atoms with E-state index >= 15 is 0 Å². The minimum Gasteiger partial charge on any atom is -0.378 e. The summed E-state index contributed by atoms with van der Waals surface area (Å²) in [6.07, 6.45) is 25.1. The molecule has 0 unspecified atom stereocenters. The van der Waals surface area contributed by atoms with Gasteiger partial charge in [-0.25, -0.2) is 0 Å². The fraction of sp³-hybridized carbons (Fsp3) is 0.826. The molecule has 0 bridgehead atoms. The molecular weight excluding hydrogens is 292 g/mol. The summed E-state index contributed by atoms with van der Waals surface area (Å²) in [5, 5.41) is 0. The molecule has 24 heavy (non-hydrogen) atoms. The first kappa shape index (κ1) is 19.8. The Morgan fingerprint density at radius 1 is 0.875 bits per heavy atom. The molecule has 2 fully saturated rings. The first-order valence-corrected chi connectivity index (χ1v) is 10.7. The summed E-state index contributed by atoms with van der Waals surface area (Å²) in [6, 6.07) is 0. The van der Waals surface area contributed by atoms with Crippen LogP contribution in [0.15, 0.2) is 24.8 Å². The number of allylic oxidation sites excluding steroid dienone is 2. The quantitative estimate of drug-likeness (QED) is 0.307. The van der Waals surface area contributed by atoms with Crippen LogP contribution in [-0.4, -0.2) is 12.7 Å². The lowest BCUT2D eigenvalue weighted by Crippen LogP contribution is -2.23. The zero-order valence-electron chi connectivity index (χ0n) is 16.1. The normalized spacial score (nSPS) is 31.4. The summed E-state index contributed by atoms with van der Waals surface area (Å²) in [5.41, 5.74) is 0. The van der Waals surface area contributed by atoms with Gasteiger partial charge in [0.25, 0.3) is 0 Å². The summed E-state index contributed by atoms with van der Waals surface area (Å²) < 4.78 is 5.94. The largest absolute Gasteiger partial charge is 0.378 e. The zero-order chi connectivity index (χ0) is 17.0. The van der Waals surface area contributed by atoms with E-state index in [4.69, 9.17) is 4.74 Å². The summed E-state index contributed by atoms with van der Waals surface area (Å²) in [5.74, 6) is 2.88. The number of ether oxygens (including phenoxy) is 1. The molecule has 2 aliphatic rings. The van der Waals surface area contributed by atoms with Crippen LogP contribution in [0.4, 0.5) is 0 Å². The molecule has 0 amide bonds. The molecule has 0 aromatic rings. The van der Waals surface area contributed by atoms with E-state index in [0.29, 0.717) is 6.10 Å². The second-order valence-corrected chi connectivity index (χ2v) is 8.17. The average molecular weight is 333 g/mol. The number of hydrogen-bond donors (Lipinski definition) is 0. The van der Waals surface area contributed by atoms with Gasteiger partial charge in [-0.2, -0.15) is 0 Å². The fourth-order valence-corrected chi connectivity index (χ4v) is 4.50. The highest BCUT2D eigenvalue weighted by Gasteiger charge is 2.24. The molecule has 0 saturated heterocycles. The lowest BCUT2D eigenvalue weighted by Gasteiger charge is -2.31. The van der Waals surface area contributed by atoms with Gasteiger partial charge in [0.2, 0.25) is 0 Å². The maximum atomic E-state index is 5.94. The minimum atomic E-state index is 0.534. The molecule has 2 saturated carbocycles. The van der Waals surface area contributed by atoms with Crippen LogP contribution in [0.5, 0.6) is 0 Å². The predicted molar refractivity (Wildman–Crippen MR) is 105 cm³/mol. The van der Waals surface area contributed by atoms with Gasteiger partial charge in [0, 0.05) is 0 Å². The van der Waals surface area contributed by atoms with Gasteiger partial charge >= 0.3 is 0 Å². The molecule has 0 N–H and O–H groups in total. The standard InChI is InChI=1S/C23H40O/c1-3-5-7-8-20-9-11-21(12-10-20)13-14-22-15-17-23(18-16-22)24-19-6-4-2/h4,7-8,20-23H,2-3,5-6,9-19H2,1H3/b8-7+/t20-,21-,22-,23-. The maximum absolute atomic E-state index is 5.94. The van der Waals surface area contributed by atoms with Crippen LogP contribution < -0.4 is 0 Å². The van der Waals surface area contributed by atoms with Gasteiger partial charge in [-0.05, 0) is 82.0 Å². The summed E-state index contributed by atoms with van der Waals surface area (Å²) in [7, 11) is 0. The first-order valence-electron chi connectivity index (χ1n) is 10.7. The molecule has 0 radical (unpaired) electrons. The van der Waals surface area contributed by atoms with Crippen molar-refractivity contribution in [3.63, 3.8) is 0 Å². The van der Waals surface area contributed by atoms with Crippen molar-refractivity contribution >= 4 is 0 Å².